The van der Waals surface area contributed by atoms with E-state index < -0.39 is 0 Å². The van der Waals surface area contributed by atoms with E-state index in [1.165, 1.54) is 0 Å². The van der Waals surface area contributed by atoms with Gasteiger partial charge in [0.25, 0.3) is 0 Å². The second-order valence-corrected chi connectivity index (χ2v) is 3.50. The summed E-state index contributed by atoms with van der Waals surface area (Å²) >= 11 is 0. The molecule has 1 aromatic rings. The van der Waals surface area contributed by atoms with Crippen LogP contribution in [0.25, 0.3) is 0 Å². The van der Waals surface area contributed by atoms with E-state index in [-0.39, 0.29) is 6.04 Å². The van der Waals surface area contributed by atoms with E-state index in [1.54, 1.807) is 0 Å². The van der Waals surface area contributed by atoms with Crippen LogP contribution in [0.4, 0.5) is 0 Å². The van der Waals surface area contributed by atoms with Crippen molar-refractivity contribution < 1.29 is 0 Å². The predicted octanol–water partition coefficient (Wildman–Crippen LogP) is 2.36. The Morgan fingerprint density at radius 1 is 1.62 bits per heavy atom. The lowest BCUT2D eigenvalue weighted by molar-refractivity contribution is 0.712. The highest BCUT2D eigenvalue weighted by molar-refractivity contribution is 5.18. The molecule has 0 aliphatic heterocycles. The molecular weight excluding hydrogens is 160 g/mol. The van der Waals surface area contributed by atoms with Gasteiger partial charge in [-0.3, -0.25) is 4.98 Å². The van der Waals surface area contributed by atoms with Crippen molar-refractivity contribution >= 4 is 0 Å². The van der Waals surface area contributed by atoms with Gasteiger partial charge in [0.2, 0.25) is 0 Å². The van der Waals surface area contributed by atoms with Gasteiger partial charge in [-0.05, 0) is 31.9 Å². The Bertz CT molecular complexity index is 287. The molecule has 70 valence electrons. The molecule has 0 amide bonds. The molecule has 0 bridgehead atoms. The maximum Gasteiger partial charge on any atom is 0.0372 e. The predicted molar refractivity (Wildman–Crippen MR) is 55.3 cm³/mol. The minimum absolute atomic E-state index is 0.0330. The van der Waals surface area contributed by atoms with E-state index in [0.29, 0.717) is 0 Å². The molecule has 13 heavy (non-hydrogen) atoms. The third kappa shape index (κ3) is 2.99. The summed E-state index contributed by atoms with van der Waals surface area (Å²) < 4.78 is 0. The van der Waals surface area contributed by atoms with Crippen LogP contribution in [-0.4, -0.2) is 4.98 Å². The fourth-order valence-electron chi connectivity index (χ4n) is 1.19. The maximum absolute atomic E-state index is 5.95. The zero-order valence-electron chi connectivity index (χ0n) is 8.25. The quantitative estimate of drug-likeness (QED) is 0.718. The number of nitrogens with two attached hydrogens (primary N) is 1. The highest BCUT2D eigenvalue weighted by atomic mass is 14.7. The van der Waals surface area contributed by atoms with E-state index in [2.05, 4.69) is 11.6 Å². The van der Waals surface area contributed by atoms with Gasteiger partial charge in [0.1, 0.15) is 0 Å². The van der Waals surface area contributed by atoms with Gasteiger partial charge in [0.15, 0.2) is 0 Å². The van der Waals surface area contributed by atoms with Crippen molar-refractivity contribution in [2.75, 3.05) is 0 Å². The van der Waals surface area contributed by atoms with E-state index in [4.69, 9.17) is 5.73 Å². The molecule has 0 spiro atoms. The van der Waals surface area contributed by atoms with Crippen LogP contribution in [0.5, 0.6) is 0 Å². The van der Waals surface area contributed by atoms with Gasteiger partial charge >= 0.3 is 0 Å². The van der Waals surface area contributed by atoms with Gasteiger partial charge in [-0.15, -0.1) is 6.58 Å². The van der Waals surface area contributed by atoms with Crippen LogP contribution in [0, 0.1) is 6.92 Å². The Hall–Kier alpha value is -1.15. The van der Waals surface area contributed by atoms with Crippen molar-refractivity contribution in [2.24, 2.45) is 5.73 Å². The Morgan fingerprint density at radius 2 is 2.31 bits per heavy atom. The second kappa shape index (κ2) is 4.19. The molecule has 1 rings (SSSR count). The summed E-state index contributed by atoms with van der Waals surface area (Å²) in [7, 11) is 0. The maximum atomic E-state index is 5.95. The summed E-state index contributed by atoms with van der Waals surface area (Å²) in [5.41, 5.74) is 9.15. The van der Waals surface area contributed by atoms with Gasteiger partial charge in [0, 0.05) is 17.9 Å². The van der Waals surface area contributed by atoms with Crippen LogP contribution in [0.1, 0.15) is 30.6 Å². The second-order valence-electron chi connectivity index (χ2n) is 3.50. The van der Waals surface area contributed by atoms with E-state index in [1.807, 2.05) is 32.2 Å². The van der Waals surface area contributed by atoms with Gasteiger partial charge in [0.05, 0.1) is 0 Å². The molecular formula is C11H16N2. The Labute approximate surface area is 79.5 Å². The molecule has 0 saturated heterocycles. The Kier molecular flexibility index (Phi) is 3.20. The van der Waals surface area contributed by atoms with Gasteiger partial charge in [-0.2, -0.15) is 0 Å². The van der Waals surface area contributed by atoms with Crippen molar-refractivity contribution in [3.8, 4) is 0 Å². The first-order valence-corrected chi connectivity index (χ1v) is 4.42. The number of pyridine rings is 1. The van der Waals surface area contributed by atoms with Crippen LogP contribution in [-0.2, 0) is 0 Å². The average molecular weight is 176 g/mol. The molecule has 0 fully saturated rings. The van der Waals surface area contributed by atoms with Crippen molar-refractivity contribution in [1.29, 1.82) is 0 Å². The molecule has 0 aliphatic carbocycles. The lowest BCUT2D eigenvalue weighted by Gasteiger charge is -2.11. The number of aryl methyl sites for hydroxylation is 1. The molecule has 1 aromatic heterocycles. The minimum Gasteiger partial charge on any atom is -0.324 e. The lowest BCUT2D eigenvalue weighted by atomic mass is 10.0. The van der Waals surface area contributed by atoms with Crippen LogP contribution in [0.3, 0.4) is 0 Å². The molecule has 1 unspecified atom stereocenters. The van der Waals surface area contributed by atoms with Crippen LogP contribution in [0.15, 0.2) is 30.5 Å². The number of aromatic nitrogens is 1. The zero-order chi connectivity index (χ0) is 9.84. The topological polar surface area (TPSA) is 38.9 Å². The van der Waals surface area contributed by atoms with Gasteiger partial charge in [-0.1, -0.05) is 11.6 Å². The van der Waals surface area contributed by atoms with Gasteiger partial charge < -0.3 is 5.73 Å². The molecule has 2 nitrogen and oxygen atoms in total. The molecule has 2 heteroatoms. The first-order chi connectivity index (χ1) is 6.09. The van der Waals surface area contributed by atoms with Gasteiger partial charge in [-0.25, -0.2) is 0 Å². The number of rotatable bonds is 3. The Balaban J connectivity index is 2.71. The summed E-state index contributed by atoms with van der Waals surface area (Å²) in [5, 5.41) is 0. The third-order valence-corrected chi connectivity index (χ3v) is 1.93. The molecule has 0 aliphatic rings. The summed E-state index contributed by atoms with van der Waals surface area (Å²) in [6.07, 6.45) is 2.66. The molecule has 1 atom stereocenters. The first kappa shape index (κ1) is 9.93. The smallest absolute Gasteiger partial charge is 0.0372 e. The van der Waals surface area contributed by atoms with Crippen molar-refractivity contribution in [3.63, 3.8) is 0 Å². The monoisotopic (exact) mass is 176 g/mol. The van der Waals surface area contributed by atoms with Crippen molar-refractivity contribution in [3.05, 3.63) is 41.7 Å². The minimum atomic E-state index is 0.0330. The lowest BCUT2D eigenvalue weighted by Crippen LogP contribution is -2.10. The number of hydrogen-bond donors (Lipinski definition) is 1. The van der Waals surface area contributed by atoms with Crippen LogP contribution >= 0.6 is 0 Å². The van der Waals surface area contributed by atoms with Crippen LogP contribution in [0.2, 0.25) is 0 Å². The van der Waals surface area contributed by atoms with Crippen molar-refractivity contribution in [2.45, 2.75) is 26.3 Å². The largest absolute Gasteiger partial charge is 0.324 e. The fraction of sp³-hybridized carbons (Fsp3) is 0.364. The summed E-state index contributed by atoms with van der Waals surface area (Å²) in [6, 6.07) is 4.04. The Morgan fingerprint density at radius 3 is 2.77 bits per heavy atom. The molecule has 1 heterocycles. The normalized spacial score (nSPS) is 12.5. The summed E-state index contributed by atoms with van der Waals surface area (Å²) in [6.45, 7) is 7.79. The fourth-order valence-corrected chi connectivity index (χ4v) is 1.19. The summed E-state index contributed by atoms with van der Waals surface area (Å²) in [4.78, 5) is 4.20. The number of hydrogen-bond acceptors (Lipinski definition) is 2. The molecule has 2 N–H and O–H groups in total. The third-order valence-electron chi connectivity index (χ3n) is 1.93. The number of nitrogens with zero attached hydrogens (tertiary/aromatic N) is 1. The zero-order valence-corrected chi connectivity index (χ0v) is 8.25. The first-order valence-electron chi connectivity index (χ1n) is 4.42. The molecule has 0 aromatic carbocycles. The highest BCUT2D eigenvalue weighted by Gasteiger charge is 2.05. The SMILES string of the molecule is C=C(C)CC(N)c1ccc(C)nc1. The van der Waals surface area contributed by atoms with E-state index >= 15 is 0 Å². The average Bonchev–Trinajstić information content (AvgIpc) is 2.04. The highest BCUT2D eigenvalue weighted by Crippen LogP contribution is 2.16. The molecule has 0 radical (unpaired) electrons. The molecule has 0 saturated carbocycles. The summed E-state index contributed by atoms with van der Waals surface area (Å²) in [5.74, 6) is 0. The standard InChI is InChI=1S/C11H16N2/c1-8(2)6-11(12)10-5-4-9(3)13-7-10/h4-5,7,11H,1,6,12H2,2-3H3. The van der Waals surface area contributed by atoms with E-state index in [9.17, 15) is 0 Å². The van der Waals surface area contributed by atoms with Crippen LogP contribution < -0.4 is 5.73 Å². The van der Waals surface area contributed by atoms with E-state index in [0.717, 1.165) is 23.3 Å². The van der Waals surface area contributed by atoms with Crippen molar-refractivity contribution in [1.82, 2.24) is 4.98 Å².